The van der Waals surface area contributed by atoms with Gasteiger partial charge in [-0.25, -0.2) is 4.98 Å². The van der Waals surface area contributed by atoms with Gasteiger partial charge in [0.2, 0.25) is 5.82 Å². The fourth-order valence-electron chi connectivity index (χ4n) is 1.96. The minimum Gasteiger partial charge on any atom is -0.496 e. The van der Waals surface area contributed by atoms with Gasteiger partial charge in [0, 0.05) is 25.1 Å². The van der Waals surface area contributed by atoms with E-state index in [1.165, 1.54) is 0 Å². The van der Waals surface area contributed by atoms with Crippen LogP contribution in [0.3, 0.4) is 0 Å². The van der Waals surface area contributed by atoms with Gasteiger partial charge in [-0.15, -0.1) is 5.10 Å². The standard InChI is InChI=1S/C15H20N4O2/c1-10(2)13-16-14(18-17-13)15(20)19(3)9-11-7-5-6-8-12(11)21-4/h5-8,10H,9H2,1-4H3,(H,16,17,18). The fourth-order valence-corrected chi connectivity index (χ4v) is 1.96. The van der Waals surface area contributed by atoms with Gasteiger partial charge in [0.1, 0.15) is 11.6 Å². The Labute approximate surface area is 124 Å². The number of carbonyl (C=O) groups excluding carboxylic acids is 1. The van der Waals surface area contributed by atoms with Gasteiger partial charge in [-0.3, -0.25) is 9.89 Å². The molecule has 1 N–H and O–H groups in total. The molecule has 0 bridgehead atoms. The summed E-state index contributed by atoms with van der Waals surface area (Å²) in [5.41, 5.74) is 0.940. The predicted molar refractivity (Wildman–Crippen MR) is 79.3 cm³/mol. The van der Waals surface area contributed by atoms with Crippen molar-refractivity contribution in [3.63, 3.8) is 0 Å². The first-order valence-electron chi connectivity index (χ1n) is 6.82. The van der Waals surface area contributed by atoms with Crippen LogP contribution in [0.5, 0.6) is 5.75 Å². The van der Waals surface area contributed by atoms with Gasteiger partial charge in [-0.05, 0) is 6.07 Å². The van der Waals surface area contributed by atoms with E-state index in [9.17, 15) is 4.79 Å². The van der Waals surface area contributed by atoms with Crippen LogP contribution < -0.4 is 4.74 Å². The van der Waals surface area contributed by atoms with Crippen LogP contribution in [0.4, 0.5) is 0 Å². The predicted octanol–water partition coefficient (Wildman–Crippen LogP) is 2.21. The van der Waals surface area contributed by atoms with Crippen molar-refractivity contribution in [3.05, 3.63) is 41.5 Å². The average Bonchev–Trinajstić information content (AvgIpc) is 2.97. The van der Waals surface area contributed by atoms with Gasteiger partial charge >= 0.3 is 0 Å². The van der Waals surface area contributed by atoms with Crippen molar-refractivity contribution in [2.45, 2.75) is 26.3 Å². The molecule has 2 rings (SSSR count). The number of aromatic amines is 1. The molecule has 21 heavy (non-hydrogen) atoms. The van der Waals surface area contributed by atoms with E-state index in [4.69, 9.17) is 4.74 Å². The minimum absolute atomic E-state index is 0.191. The first-order chi connectivity index (χ1) is 10.0. The number of aromatic nitrogens is 3. The normalized spacial score (nSPS) is 10.7. The van der Waals surface area contributed by atoms with E-state index in [0.717, 1.165) is 11.3 Å². The molecule has 0 aliphatic rings. The molecule has 0 radical (unpaired) electrons. The van der Waals surface area contributed by atoms with Gasteiger partial charge in [0.05, 0.1) is 7.11 Å². The number of rotatable bonds is 5. The molecule has 1 aromatic heterocycles. The second kappa shape index (κ2) is 6.39. The molecular formula is C15H20N4O2. The number of hydrogen-bond donors (Lipinski definition) is 1. The van der Waals surface area contributed by atoms with Crippen LogP contribution in [0.1, 0.15) is 41.8 Å². The van der Waals surface area contributed by atoms with E-state index in [2.05, 4.69) is 15.2 Å². The maximum Gasteiger partial charge on any atom is 0.293 e. The van der Waals surface area contributed by atoms with E-state index in [0.29, 0.717) is 12.4 Å². The molecule has 1 heterocycles. The van der Waals surface area contributed by atoms with Gasteiger partial charge in [-0.1, -0.05) is 32.0 Å². The molecule has 0 aliphatic heterocycles. The number of carbonyl (C=O) groups is 1. The zero-order chi connectivity index (χ0) is 15.4. The third kappa shape index (κ3) is 3.39. The first kappa shape index (κ1) is 15.0. The Bertz CT molecular complexity index is 622. The highest BCUT2D eigenvalue weighted by atomic mass is 16.5. The zero-order valence-electron chi connectivity index (χ0n) is 12.8. The summed E-state index contributed by atoms with van der Waals surface area (Å²) >= 11 is 0. The summed E-state index contributed by atoms with van der Waals surface area (Å²) in [6.45, 7) is 4.43. The maximum absolute atomic E-state index is 12.3. The number of ether oxygens (including phenoxy) is 1. The van der Waals surface area contributed by atoms with Crippen LogP contribution in [0, 0.1) is 0 Å². The Kier molecular flexibility index (Phi) is 4.57. The number of methoxy groups -OCH3 is 1. The number of nitrogens with zero attached hydrogens (tertiary/aromatic N) is 3. The lowest BCUT2D eigenvalue weighted by Crippen LogP contribution is -2.27. The number of para-hydroxylation sites is 1. The molecule has 2 aromatic rings. The number of amides is 1. The number of nitrogens with one attached hydrogen (secondary N) is 1. The average molecular weight is 288 g/mol. The van der Waals surface area contributed by atoms with Crippen molar-refractivity contribution in [2.24, 2.45) is 0 Å². The molecular weight excluding hydrogens is 268 g/mol. The van der Waals surface area contributed by atoms with Crippen molar-refractivity contribution in [1.29, 1.82) is 0 Å². The minimum atomic E-state index is -0.218. The summed E-state index contributed by atoms with van der Waals surface area (Å²) in [7, 11) is 3.34. The number of benzene rings is 1. The highest BCUT2D eigenvalue weighted by Crippen LogP contribution is 2.19. The number of hydrogen-bond acceptors (Lipinski definition) is 4. The highest BCUT2D eigenvalue weighted by Gasteiger charge is 2.19. The summed E-state index contributed by atoms with van der Waals surface area (Å²) < 4.78 is 5.29. The van der Waals surface area contributed by atoms with Crippen molar-refractivity contribution < 1.29 is 9.53 Å². The van der Waals surface area contributed by atoms with E-state index < -0.39 is 0 Å². The SMILES string of the molecule is COc1ccccc1CN(C)C(=O)c1n[nH]c(C(C)C)n1. The Morgan fingerprint density at radius 2 is 2.10 bits per heavy atom. The van der Waals surface area contributed by atoms with Gasteiger partial charge in [0.15, 0.2) is 0 Å². The molecule has 6 heteroatoms. The van der Waals surface area contributed by atoms with Gasteiger partial charge < -0.3 is 9.64 Å². The van der Waals surface area contributed by atoms with E-state index in [-0.39, 0.29) is 17.6 Å². The molecule has 1 amide bonds. The molecule has 0 spiro atoms. The molecule has 0 fully saturated rings. The number of H-pyrrole nitrogens is 1. The second-order valence-corrected chi connectivity index (χ2v) is 5.17. The third-order valence-electron chi connectivity index (χ3n) is 3.19. The Balaban J connectivity index is 2.11. The van der Waals surface area contributed by atoms with Crippen molar-refractivity contribution in [1.82, 2.24) is 20.1 Å². The molecule has 0 aliphatic carbocycles. The lowest BCUT2D eigenvalue weighted by atomic mass is 10.2. The third-order valence-corrected chi connectivity index (χ3v) is 3.19. The van der Waals surface area contributed by atoms with Crippen molar-refractivity contribution in [2.75, 3.05) is 14.2 Å². The van der Waals surface area contributed by atoms with Crippen LogP contribution >= 0.6 is 0 Å². The van der Waals surface area contributed by atoms with Crippen LogP contribution in [-0.2, 0) is 6.54 Å². The first-order valence-corrected chi connectivity index (χ1v) is 6.82. The fraction of sp³-hybridized carbons (Fsp3) is 0.400. The summed E-state index contributed by atoms with van der Waals surface area (Å²) in [6, 6.07) is 7.62. The highest BCUT2D eigenvalue weighted by molar-refractivity contribution is 5.90. The Morgan fingerprint density at radius 1 is 1.38 bits per heavy atom. The largest absolute Gasteiger partial charge is 0.496 e. The van der Waals surface area contributed by atoms with Crippen LogP contribution in [-0.4, -0.2) is 40.1 Å². The van der Waals surface area contributed by atoms with E-state index in [1.807, 2.05) is 38.1 Å². The zero-order valence-corrected chi connectivity index (χ0v) is 12.8. The van der Waals surface area contributed by atoms with Crippen LogP contribution in [0.15, 0.2) is 24.3 Å². The molecule has 6 nitrogen and oxygen atoms in total. The molecule has 0 saturated heterocycles. The Hall–Kier alpha value is -2.37. The van der Waals surface area contributed by atoms with Gasteiger partial charge in [-0.2, -0.15) is 0 Å². The quantitative estimate of drug-likeness (QED) is 0.915. The lowest BCUT2D eigenvalue weighted by Gasteiger charge is -2.17. The smallest absolute Gasteiger partial charge is 0.293 e. The lowest BCUT2D eigenvalue weighted by molar-refractivity contribution is 0.0772. The molecule has 0 atom stereocenters. The molecule has 1 aromatic carbocycles. The van der Waals surface area contributed by atoms with Crippen LogP contribution in [0.25, 0.3) is 0 Å². The topological polar surface area (TPSA) is 71.1 Å². The maximum atomic E-state index is 12.3. The monoisotopic (exact) mass is 288 g/mol. The van der Waals surface area contributed by atoms with Gasteiger partial charge in [0.25, 0.3) is 5.91 Å². The van der Waals surface area contributed by atoms with Crippen molar-refractivity contribution in [3.8, 4) is 5.75 Å². The molecule has 112 valence electrons. The Morgan fingerprint density at radius 3 is 2.71 bits per heavy atom. The van der Waals surface area contributed by atoms with Crippen molar-refractivity contribution >= 4 is 5.91 Å². The summed E-state index contributed by atoms with van der Waals surface area (Å²) in [4.78, 5) is 18.1. The van der Waals surface area contributed by atoms with E-state index in [1.54, 1.807) is 19.1 Å². The van der Waals surface area contributed by atoms with E-state index >= 15 is 0 Å². The molecule has 0 saturated carbocycles. The summed E-state index contributed by atoms with van der Waals surface area (Å²) in [5, 5.41) is 6.78. The summed E-state index contributed by atoms with van der Waals surface area (Å²) in [5.74, 6) is 1.65. The van der Waals surface area contributed by atoms with Crippen LogP contribution in [0.2, 0.25) is 0 Å². The second-order valence-electron chi connectivity index (χ2n) is 5.17. The molecule has 0 unspecified atom stereocenters. The summed E-state index contributed by atoms with van der Waals surface area (Å²) in [6.07, 6.45) is 0.